The molecule has 0 radical (unpaired) electrons. The Hall–Kier alpha value is -3.86. The summed E-state index contributed by atoms with van der Waals surface area (Å²) in [4.78, 5) is 26.7. The lowest BCUT2D eigenvalue weighted by molar-refractivity contribution is 0.0985. The van der Waals surface area contributed by atoms with Crippen molar-refractivity contribution in [3.05, 3.63) is 71.4 Å². The maximum Gasteiger partial charge on any atom is 0.232 e. The van der Waals surface area contributed by atoms with Crippen molar-refractivity contribution in [3.63, 3.8) is 0 Å². The minimum atomic E-state index is -3.82. The summed E-state index contributed by atoms with van der Waals surface area (Å²) >= 11 is 0. The number of nitrogens with zero attached hydrogens (tertiary/aromatic N) is 3. The molecular weight excluding hydrogens is 488 g/mol. The van der Waals surface area contributed by atoms with Gasteiger partial charge in [-0.2, -0.15) is 0 Å². The second kappa shape index (κ2) is 10.0. The van der Waals surface area contributed by atoms with Gasteiger partial charge in [0.25, 0.3) is 0 Å². The van der Waals surface area contributed by atoms with Gasteiger partial charge in [0.1, 0.15) is 11.6 Å². The molecule has 0 atom stereocenters. The van der Waals surface area contributed by atoms with E-state index < -0.39 is 38.7 Å². The highest BCUT2D eigenvalue weighted by Gasteiger charge is 2.23. The van der Waals surface area contributed by atoms with E-state index in [0.717, 1.165) is 23.4 Å². The first-order valence-corrected chi connectivity index (χ1v) is 12.9. The molecule has 2 aromatic heterocycles. The molecule has 4 rings (SSSR count). The highest BCUT2D eigenvalue weighted by atomic mass is 32.2. The summed E-state index contributed by atoms with van der Waals surface area (Å²) in [5.74, 6) is -2.81. The van der Waals surface area contributed by atoms with Gasteiger partial charge in [-0.25, -0.2) is 27.2 Å². The third-order valence-corrected chi connectivity index (χ3v) is 7.00. The number of rotatable bonds is 9. The summed E-state index contributed by atoms with van der Waals surface area (Å²) in [6, 6.07) is 11.2. The van der Waals surface area contributed by atoms with E-state index in [-0.39, 0.29) is 12.2 Å². The number of sulfonamides is 1. The van der Waals surface area contributed by atoms with Crippen LogP contribution >= 0.6 is 0 Å². The van der Waals surface area contributed by atoms with E-state index in [0.29, 0.717) is 29.0 Å². The third kappa shape index (κ3) is 5.35. The van der Waals surface area contributed by atoms with Crippen LogP contribution in [0, 0.1) is 11.6 Å². The molecule has 36 heavy (non-hydrogen) atoms. The molecule has 0 aliphatic heterocycles. The number of fused-ring (bicyclic) bond motifs is 1. The number of H-pyrrole nitrogens is 1. The number of carbonyl (C=O) groups excluding carboxylic acids is 1. The zero-order valence-electron chi connectivity index (χ0n) is 20.0. The number of Topliss-reactive ketones (excluding diaryl/α,β-unsaturated/α-hetero) is 1. The zero-order chi connectivity index (χ0) is 26.0. The largest absolute Gasteiger partial charge is 0.378 e. The van der Waals surface area contributed by atoms with Crippen LogP contribution in [0.4, 0.5) is 20.2 Å². The van der Waals surface area contributed by atoms with Gasteiger partial charge < -0.3 is 9.88 Å². The Bertz CT molecular complexity index is 1530. The first-order chi connectivity index (χ1) is 17.1. The van der Waals surface area contributed by atoms with Gasteiger partial charge >= 0.3 is 0 Å². The first kappa shape index (κ1) is 25.2. The maximum atomic E-state index is 15.0. The van der Waals surface area contributed by atoms with Crippen LogP contribution in [0.3, 0.4) is 0 Å². The Morgan fingerprint density at radius 1 is 1.11 bits per heavy atom. The molecule has 0 saturated heterocycles. The molecule has 2 N–H and O–H groups in total. The smallest absolute Gasteiger partial charge is 0.232 e. The van der Waals surface area contributed by atoms with E-state index in [1.807, 2.05) is 43.3 Å². The van der Waals surface area contributed by atoms with Crippen LogP contribution in [0.15, 0.2) is 48.7 Å². The van der Waals surface area contributed by atoms with Crippen molar-refractivity contribution in [2.24, 2.45) is 0 Å². The number of aromatic amines is 1. The number of halogens is 2. The summed E-state index contributed by atoms with van der Waals surface area (Å²) in [7, 11) is 0.0721. The molecule has 0 aliphatic rings. The predicted molar refractivity (Wildman–Crippen MR) is 136 cm³/mol. The number of carbonyl (C=O) groups is 1. The molecule has 0 aliphatic carbocycles. The highest BCUT2D eigenvalue weighted by Crippen LogP contribution is 2.26. The summed E-state index contributed by atoms with van der Waals surface area (Å²) in [6.45, 7) is 1.66. The number of hydrogen-bond acceptors (Lipinski definition) is 6. The van der Waals surface area contributed by atoms with Crippen molar-refractivity contribution in [1.29, 1.82) is 0 Å². The van der Waals surface area contributed by atoms with Crippen LogP contribution in [0.1, 0.15) is 29.3 Å². The van der Waals surface area contributed by atoms with Crippen LogP contribution in [-0.4, -0.2) is 49.0 Å². The molecular formula is C25H25F2N5O3S. The van der Waals surface area contributed by atoms with Gasteiger partial charge in [-0.3, -0.25) is 9.52 Å². The summed E-state index contributed by atoms with van der Waals surface area (Å²) < 4.78 is 55.5. The molecule has 4 aromatic rings. The molecule has 11 heteroatoms. The average Bonchev–Trinajstić information content (AvgIpc) is 3.24. The van der Waals surface area contributed by atoms with Crippen molar-refractivity contribution >= 4 is 38.3 Å². The molecule has 0 amide bonds. The van der Waals surface area contributed by atoms with E-state index >= 15 is 0 Å². The Kier molecular flexibility index (Phi) is 7.02. The number of hydrogen-bond donors (Lipinski definition) is 2. The van der Waals surface area contributed by atoms with E-state index in [9.17, 15) is 22.0 Å². The van der Waals surface area contributed by atoms with Crippen LogP contribution in [0.5, 0.6) is 0 Å². The van der Waals surface area contributed by atoms with Crippen LogP contribution in [0.25, 0.3) is 22.6 Å². The maximum absolute atomic E-state index is 15.0. The summed E-state index contributed by atoms with van der Waals surface area (Å²) in [5, 5.41) is 0. The number of nitrogens with one attached hydrogen (secondary N) is 2. The minimum absolute atomic E-state index is 0.231. The van der Waals surface area contributed by atoms with Gasteiger partial charge in [-0.15, -0.1) is 0 Å². The van der Waals surface area contributed by atoms with Crippen LogP contribution in [-0.2, 0) is 16.4 Å². The lowest BCUT2D eigenvalue weighted by Crippen LogP contribution is -2.19. The SMILES string of the molecule is CCCS(=O)(=O)Nc1ccc(F)c(C(=O)Cc2cnc3nc(-c4ccc(N(C)C)cc4)[nH]c3c2)c1F. The van der Waals surface area contributed by atoms with Crippen LogP contribution < -0.4 is 9.62 Å². The van der Waals surface area contributed by atoms with Crippen molar-refractivity contribution in [3.8, 4) is 11.4 Å². The van der Waals surface area contributed by atoms with Gasteiger partial charge in [-0.05, 0) is 54.4 Å². The van der Waals surface area contributed by atoms with Crippen molar-refractivity contribution < 1.29 is 22.0 Å². The zero-order valence-corrected chi connectivity index (χ0v) is 20.8. The van der Waals surface area contributed by atoms with E-state index in [4.69, 9.17) is 0 Å². The number of benzene rings is 2. The highest BCUT2D eigenvalue weighted by molar-refractivity contribution is 7.92. The molecule has 2 heterocycles. The number of imidazole rings is 1. The van der Waals surface area contributed by atoms with Crippen molar-refractivity contribution in [1.82, 2.24) is 15.0 Å². The molecule has 0 bridgehead atoms. The van der Waals surface area contributed by atoms with E-state index in [1.54, 1.807) is 13.0 Å². The molecule has 0 unspecified atom stereocenters. The number of anilines is 2. The van der Waals surface area contributed by atoms with E-state index in [1.165, 1.54) is 6.20 Å². The minimum Gasteiger partial charge on any atom is -0.378 e. The van der Waals surface area contributed by atoms with Gasteiger partial charge in [-0.1, -0.05) is 6.92 Å². The molecule has 8 nitrogen and oxygen atoms in total. The normalized spacial score (nSPS) is 11.6. The lowest BCUT2D eigenvalue weighted by atomic mass is 10.0. The van der Waals surface area contributed by atoms with Gasteiger partial charge in [0.05, 0.1) is 22.5 Å². The lowest BCUT2D eigenvalue weighted by Gasteiger charge is -2.12. The Labute approximate surface area is 207 Å². The molecule has 0 spiro atoms. The van der Waals surface area contributed by atoms with Gasteiger partial charge in [0, 0.05) is 38.0 Å². The standard InChI is InChI=1S/C25H25F2N5O3S/c1-4-11-36(34,35)31-19-10-9-18(26)22(23(19)27)21(33)13-15-12-20-25(28-14-15)30-24(29-20)16-5-7-17(8-6-16)32(2)3/h5-10,12,14,31H,4,11,13H2,1-3H3,(H,28,29,30). The van der Waals surface area contributed by atoms with Gasteiger partial charge in [0.15, 0.2) is 17.2 Å². The fraction of sp³-hybridized carbons (Fsp3) is 0.240. The Balaban J connectivity index is 1.58. The number of aromatic nitrogens is 3. The van der Waals surface area contributed by atoms with Crippen molar-refractivity contribution in [2.45, 2.75) is 19.8 Å². The molecule has 0 fully saturated rings. The first-order valence-electron chi connectivity index (χ1n) is 11.2. The quantitative estimate of drug-likeness (QED) is 0.318. The fourth-order valence-electron chi connectivity index (χ4n) is 3.74. The fourth-order valence-corrected chi connectivity index (χ4v) is 4.87. The topological polar surface area (TPSA) is 108 Å². The molecule has 188 valence electrons. The Morgan fingerprint density at radius 3 is 2.50 bits per heavy atom. The predicted octanol–water partition coefficient (Wildman–Crippen LogP) is 4.55. The molecule has 2 aromatic carbocycles. The van der Waals surface area contributed by atoms with E-state index in [2.05, 4.69) is 19.7 Å². The second-order valence-electron chi connectivity index (χ2n) is 8.55. The number of pyridine rings is 1. The monoisotopic (exact) mass is 513 g/mol. The molecule has 0 saturated carbocycles. The average molecular weight is 514 g/mol. The summed E-state index contributed by atoms with van der Waals surface area (Å²) in [5.41, 5.74) is 2.02. The summed E-state index contributed by atoms with van der Waals surface area (Å²) in [6.07, 6.45) is 1.40. The third-order valence-electron chi connectivity index (χ3n) is 5.52. The second-order valence-corrected chi connectivity index (χ2v) is 10.4. The Morgan fingerprint density at radius 2 is 1.83 bits per heavy atom. The van der Waals surface area contributed by atoms with Crippen LogP contribution in [0.2, 0.25) is 0 Å². The van der Waals surface area contributed by atoms with Gasteiger partial charge in [0.2, 0.25) is 10.0 Å². The number of ketones is 1. The van der Waals surface area contributed by atoms with Crippen molar-refractivity contribution in [2.75, 3.05) is 29.5 Å².